The predicted molar refractivity (Wildman–Crippen MR) is 207 cm³/mol. The first-order valence-electron chi connectivity index (χ1n) is 19.1. The Balaban J connectivity index is 1.82. The Hall–Kier alpha value is -3.64. The first kappa shape index (κ1) is 43.8. The van der Waals surface area contributed by atoms with Crippen molar-refractivity contribution in [3.05, 3.63) is 52.0 Å². The number of esters is 2. The Morgan fingerprint density at radius 1 is 1.06 bits per heavy atom. The molecule has 0 radical (unpaired) electrons. The van der Waals surface area contributed by atoms with E-state index in [2.05, 4.69) is 15.2 Å². The van der Waals surface area contributed by atoms with E-state index < -0.39 is 35.2 Å². The molecular weight excluding hydrogens is 693 g/mol. The topological polar surface area (TPSA) is 135 Å². The number of rotatable bonds is 18. The molecule has 0 saturated carbocycles. The standard InChI is InChI=1S/C41H62N4O7S/c1-11-51-40(50)27(4)21-30(22-29-17-13-12-14-18-29)42-37(48)32-25-53-38(43-32)36(52-28(5)46)24-34(26(2)3)45(10)39(49)31(41(6,7)8)23-35(47)33-19-15-16-20-44(33)9/h12-14,17-18,25-27,30-31,33-34,36H,11,15-16,19-24H2,1-10H3,(H,42,48)/t27-,30+,31+,33+,34+,36+/m0/s1. The van der Waals surface area contributed by atoms with E-state index in [1.165, 1.54) is 18.3 Å². The highest BCUT2D eigenvalue weighted by molar-refractivity contribution is 7.09. The summed E-state index contributed by atoms with van der Waals surface area (Å²) in [6.07, 6.45) is 3.39. The highest BCUT2D eigenvalue weighted by atomic mass is 32.1. The number of piperidine rings is 1. The number of likely N-dealkylation sites (N-methyl/N-ethyl adjacent to an activating group) is 1. The van der Waals surface area contributed by atoms with E-state index in [0.717, 1.165) is 31.4 Å². The fourth-order valence-electron chi connectivity index (χ4n) is 7.19. The Kier molecular flexibility index (Phi) is 16.6. The summed E-state index contributed by atoms with van der Waals surface area (Å²) in [5.41, 5.74) is 0.726. The molecule has 1 aromatic heterocycles. The quantitative estimate of drug-likeness (QED) is 0.166. The highest BCUT2D eigenvalue weighted by Gasteiger charge is 2.40. The van der Waals surface area contributed by atoms with E-state index in [4.69, 9.17) is 9.47 Å². The minimum atomic E-state index is -0.809. The largest absolute Gasteiger partial charge is 0.466 e. The Morgan fingerprint density at radius 3 is 2.32 bits per heavy atom. The van der Waals surface area contributed by atoms with Gasteiger partial charge in [-0.15, -0.1) is 11.3 Å². The van der Waals surface area contributed by atoms with E-state index in [9.17, 15) is 24.0 Å². The summed E-state index contributed by atoms with van der Waals surface area (Å²) in [5.74, 6) is -2.23. The van der Waals surface area contributed by atoms with E-state index in [1.54, 1.807) is 31.2 Å². The van der Waals surface area contributed by atoms with Crippen LogP contribution in [0.5, 0.6) is 0 Å². The molecule has 2 aromatic rings. The number of benzene rings is 1. The van der Waals surface area contributed by atoms with Gasteiger partial charge in [-0.3, -0.25) is 28.9 Å². The summed E-state index contributed by atoms with van der Waals surface area (Å²) in [4.78, 5) is 74.8. The van der Waals surface area contributed by atoms with Crippen molar-refractivity contribution in [1.29, 1.82) is 0 Å². The maximum Gasteiger partial charge on any atom is 0.308 e. The normalized spacial score (nSPS) is 18.0. The number of carbonyl (C=O) groups excluding carboxylic acids is 5. The average Bonchev–Trinajstić information content (AvgIpc) is 3.59. The van der Waals surface area contributed by atoms with Gasteiger partial charge in [-0.05, 0) is 63.1 Å². The summed E-state index contributed by atoms with van der Waals surface area (Å²) in [6.45, 7) is 16.1. The van der Waals surface area contributed by atoms with Crippen LogP contribution in [-0.4, -0.2) is 89.7 Å². The van der Waals surface area contributed by atoms with Gasteiger partial charge in [-0.1, -0.05) is 78.3 Å². The van der Waals surface area contributed by atoms with Gasteiger partial charge in [0.15, 0.2) is 11.9 Å². The molecule has 53 heavy (non-hydrogen) atoms. The zero-order valence-corrected chi connectivity index (χ0v) is 34.3. The molecule has 12 heteroatoms. The van der Waals surface area contributed by atoms with Crippen molar-refractivity contribution >= 4 is 40.9 Å². The van der Waals surface area contributed by atoms with Gasteiger partial charge in [0.05, 0.1) is 18.6 Å². The molecule has 294 valence electrons. The number of carbonyl (C=O) groups is 5. The van der Waals surface area contributed by atoms with Crippen molar-refractivity contribution < 1.29 is 33.4 Å². The van der Waals surface area contributed by atoms with Crippen LogP contribution in [0.3, 0.4) is 0 Å². The van der Waals surface area contributed by atoms with Crippen LogP contribution in [0.15, 0.2) is 35.7 Å². The van der Waals surface area contributed by atoms with Crippen LogP contribution >= 0.6 is 11.3 Å². The minimum absolute atomic E-state index is 0.0225. The summed E-state index contributed by atoms with van der Waals surface area (Å²) in [7, 11) is 3.74. The maximum absolute atomic E-state index is 14.3. The van der Waals surface area contributed by atoms with Gasteiger partial charge in [0.2, 0.25) is 5.91 Å². The van der Waals surface area contributed by atoms with Gasteiger partial charge in [-0.2, -0.15) is 0 Å². The zero-order chi connectivity index (χ0) is 39.5. The number of hydrogen-bond donors (Lipinski definition) is 1. The molecule has 1 aromatic carbocycles. The molecule has 0 bridgehead atoms. The van der Waals surface area contributed by atoms with Crippen molar-refractivity contribution in [2.24, 2.45) is 23.2 Å². The molecule has 1 fully saturated rings. The first-order chi connectivity index (χ1) is 24.9. The predicted octanol–water partition coefficient (Wildman–Crippen LogP) is 6.66. The summed E-state index contributed by atoms with van der Waals surface area (Å²) in [5, 5.41) is 5.15. The molecule has 11 nitrogen and oxygen atoms in total. The summed E-state index contributed by atoms with van der Waals surface area (Å²) < 4.78 is 11.0. The number of ketones is 1. The smallest absolute Gasteiger partial charge is 0.308 e. The first-order valence-corrected chi connectivity index (χ1v) is 19.9. The number of aromatic nitrogens is 1. The maximum atomic E-state index is 14.3. The Morgan fingerprint density at radius 2 is 1.74 bits per heavy atom. The van der Waals surface area contributed by atoms with Crippen molar-refractivity contribution in [3.8, 4) is 0 Å². The molecule has 2 amide bonds. The fourth-order valence-corrected chi connectivity index (χ4v) is 8.03. The number of ether oxygens (including phenoxy) is 2. The van der Waals surface area contributed by atoms with Gasteiger partial charge in [0, 0.05) is 50.2 Å². The van der Waals surface area contributed by atoms with Crippen LogP contribution in [0, 0.1) is 23.2 Å². The van der Waals surface area contributed by atoms with Crippen LogP contribution in [0.2, 0.25) is 0 Å². The molecule has 3 rings (SSSR count). The van der Waals surface area contributed by atoms with E-state index in [-0.39, 0.29) is 66.8 Å². The van der Waals surface area contributed by atoms with Crippen LogP contribution in [0.25, 0.3) is 0 Å². The van der Waals surface area contributed by atoms with Crippen LogP contribution in [0.4, 0.5) is 0 Å². The lowest BCUT2D eigenvalue weighted by atomic mass is 9.75. The molecule has 2 heterocycles. The number of hydrogen-bond acceptors (Lipinski definition) is 10. The molecule has 1 aliphatic heterocycles. The lowest BCUT2D eigenvalue weighted by Crippen LogP contribution is -2.49. The molecular formula is C41H62N4O7S. The zero-order valence-electron chi connectivity index (χ0n) is 33.5. The molecule has 1 aliphatic rings. The molecule has 1 saturated heterocycles. The molecule has 0 aliphatic carbocycles. The third-order valence-electron chi connectivity index (χ3n) is 10.3. The van der Waals surface area contributed by atoms with Crippen molar-refractivity contribution in [3.63, 3.8) is 0 Å². The molecule has 1 N–H and O–H groups in total. The fraction of sp³-hybridized carbons (Fsp3) is 0.659. The second kappa shape index (κ2) is 20.2. The van der Waals surface area contributed by atoms with E-state index >= 15 is 0 Å². The third-order valence-corrected chi connectivity index (χ3v) is 11.2. The number of nitrogens with one attached hydrogen (secondary N) is 1. The van der Waals surface area contributed by atoms with E-state index in [0.29, 0.717) is 17.8 Å². The van der Waals surface area contributed by atoms with Crippen molar-refractivity contribution in [1.82, 2.24) is 20.1 Å². The van der Waals surface area contributed by atoms with Crippen LogP contribution in [-0.2, 0) is 35.1 Å². The second-order valence-corrected chi connectivity index (χ2v) is 16.9. The summed E-state index contributed by atoms with van der Waals surface area (Å²) in [6, 6.07) is 8.83. The lowest BCUT2D eigenvalue weighted by molar-refractivity contribution is -0.150. The molecule has 0 unspecified atom stereocenters. The average molecular weight is 755 g/mol. The Labute approximate surface area is 320 Å². The van der Waals surface area contributed by atoms with Gasteiger partial charge in [0.1, 0.15) is 10.7 Å². The lowest BCUT2D eigenvalue weighted by Gasteiger charge is -2.40. The number of Topliss-reactive ketones (excluding diaryl/α,β-unsaturated/α-hetero) is 1. The molecule has 0 spiro atoms. The number of amides is 2. The minimum Gasteiger partial charge on any atom is -0.466 e. The number of thiazole rings is 1. The SMILES string of the molecule is CCOC(=O)[C@@H](C)C[C@H](Cc1ccccc1)NC(=O)c1csc([C@@H](C[C@H](C(C)C)N(C)C(=O)[C@@H](CC(=O)[C@H]2CCCCN2C)C(C)(C)C)OC(C)=O)n1. The number of nitrogens with zero attached hydrogens (tertiary/aromatic N) is 3. The third kappa shape index (κ3) is 13.0. The van der Waals surface area contributed by atoms with Gasteiger partial charge >= 0.3 is 11.9 Å². The van der Waals surface area contributed by atoms with Crippen LogP contribution in [0.1, 0.15) is 121 Å². The Bertz CT molecular complexity index is 1520. The van der Waals surface area contributed by atoms with Gasteiger partial charge in [0.25, 0.3) is 5.91 Å². The van der Waals surface area contributed by atoms with Crippen molar-refractivity contribution in [2.45, 2.75) is 125 Å². The van der Waals surface area contributed by atoms with Crippen molar-refractivity contribution in [2.75, 3.05) is 27.2 Å². The number of likely N-dealkylation sites (tertiary alicyclic amines) is 1. The van der Waals surface area contributed by atoms with E-state index in [1.807, 2.05) is 72.0 Å². The highest BCUT2D eigenvalue weighted by Crippen LogP contribution is 2.35. The van der Waals surface area contributed by atoms with Crippen LogP contribution < -0.4 is 5.32 Å². The molecule has 6 atom stereocenters. The monoisotopic (exact) mass is 754 g/mol. The second-order valence-electron chi connectivity index (χ2n) is 16.0. The van der Waals surface area contributed by atoms with Gasteiger partial charge in [-0.25, -0.2) is 4.98 Å². The van der Waals surface area contributed by atoms with Gasteiger partial charge < -0.3 is 19.7 Å². The summed E-state index contributed by atoms with van der Waals surface area (Å²) >= 11 is 1.22.